The number of hydrogen-bond acceptors (Lipinski definition) is 4. The molecule has 0 aliphatic heterocycles. The average Bonchev–Trinajstić information content (AvgIpc) is 2.65. The summed E-state index contributed by atoms with van der Waals surface area (Å²) in [7, 11) is 1.97. The topological polar surface area (TPSA) is 56.7 Å². The Labute approximate surface area is 98.9 Å². The molecule has 0 aliphatic carbocycles. The van der Waals surface area contributed by atoms with Crippen LogP contribution in [0.2, 0.25) is 0 Å². The molecule has 2 heterocycles. The van der Waals surface area contributed by atoms with Crippen molar-refractivity contribution >= 4 is 11.8 Å². The molecular formula is C11H14N4S. The van der Waals surface area contributed by atoms with Gasteiger partial charge in [0.15, 0.2) is 5.16 Å². The van der Waals surface area contributed by atoms with E-state index in [4.69, 9.17) is 5.73 Å². The second kappa shape index (κ2) is 4.67. The van der Waals surface area contributed by atoms with E-state index < -0.39 is 0 Å². The lowest BCUT2D eigenvalue weighted by atomic mass is 10.2. The van der Waals surface area contributed by atoms with Crippen LogP contribution in [0, 0.1) is 0 Å². The molecule has 2 aromatic rings. The first-order valence-electron chi connectivity index (χ1n) is 5.03. The molecular weight excluding hydrogens is 220 g/mol. The van der Waals surface area contributed by atoms with Gasteiger partial charge < -0.3 is 10.3 Å². The van der Waals surface area contributed by atoms with Crippen molar-refractivity contribution in [2.45, 2.75) is 23.0 Å². The summed E-state index contributed by atoms with van der Waals surface area (Å²) in [6.45, 7) is 1.92. The quantitative estimate of drug-likeness (QED) is 0.882. The number of aryl methyl sites for hydroxylation is 1. The van der Waals surface area contributed by atoms with Gasteiger partial charge in [-0.3, -0.25) is 4.98 Å². The minimum absolute atomic E-state index is 0.0211. The van der Waals surface area contributed by atoms with Gasteiger partial charge in [-0.05, 0) is 19.1 Å². The monoisotopic (exact) mass is 234 g/mol. The van der Waals surface area contributed by atoms with Crippen LogP contribution in [-0.4, -0.2) is 14.5 Å². The van der Waals surface area contributed by atoms with Gasteiger partial charge in [0.1, 0.15) is 0 Å². The molecule has 0 aliphatic rings. The maximum absolute atomic E-state index is 5.74. The van der Waals surface area contributed by atoms with E-state index in [9.17, 15) is 0 Å². The first-order chi connectivity index (χ1) is 7.66. The Balaban J connectivity index is 2.14. The van der Waals surface area contributed by atoms with Crippen molar-refractivity contribution in [3.05, 3.63) is 36.4 Å². The third kappa shape index (κ3) is 2.43. The fourth-order valence-corrected chi connectivity index (χ4v) is 2.05. The van der Waals surface area contributed by atoms with Gasteiger partial charge in [-0.15, -0.1) is 0 Å². The molecule has 0 fully saturated rings. The molecule has 0 radical (unpaired) electrons. The molecule has 0 saturated heterocycles. The zero-order valence-corrected chi connectivity index (χ0v) is 10.1. The summed E-state index contributed by atoms with van der Waals surface area (Å²) in [5.41, 5.74) is 6.64. The van der Waals surface area contributed by atoms with E-state index >= 15 is 0 Å². The molecule has 5 heteroatoms. The maximum atomic E-state index is 5.74. The number of hydrogen-bond donors (Lipinski definition) is 1. The van der Waals surface area contributed by atoms with E-state index in [1.165, 1.54) is 0 Å². The van der Waals surface area contributed by atoms with Gasteiger partial charge in [-0.2, -0.15) is 0 Å². The van der Waals surface area contributed by atoms with Crippen molar-refractivity contribution in [3.63, 3.8) is 0 Å². The molecule has 2 aromatic heterocycles. The molecule has 0 spiro atoms. The zero-order valence-electron chi connectivity index (χ0n) is 9.29. The van der Waals surface area contributed by atoms with Gasteiger partial charge in [0.2, 0.25) is 0 Å². The van der Waals surface area contributed by atoms with Gasteiger partial charge in [0.25, 0.3) is 0 Å². The highest BCUT2D eigenvalue weighted by atomic mass is 32.2. The number of nitrogens with two attached hydrogens (primary N) is 1. The number of imidazole rings is 1. The minimum Gasteiger partial charge on any atom is -0.329 e. The van der Waals surface area contributed by atoms with Crippen molar-refractivity contribution in [1.29, 1.82) is 0 Å². The Morgan fingerprint density at radius 1 is 1.38 bits per heavy atom. The van der Waals surface area contributed by atoms with E-state index in [1.807, 2.05) is 43.1 Å². The van der Waals surface area contributed by atoms with Crippen LogP contribution >= 0.6 is 11.8 Å². The van der Waals surface area contributed by atoms with Crippen LogP contribution in [0.25, 0.3) is 0 Å². The number of aromatic nitrogens is 3. The molecule has 16 heavy (non-hydrogen) atoms. The maximum Gasteiger partial charge on any atom is 0.172 e. The second-order valence-corrected chi connectivity index (χ2v) is 4.67. The van der Waals surface area contributed by atoms with Crippen LogP contribution in [-0.2, 0) is 7.05 Å². The highest BCUT2D eigenvalue weighted by molar-refractivity contribution is 7.99. The lowest BCUT2D eigenvalue weighted by molar-refractivity contribution is 0.775. The Morgan fingerprint density at radius 3 is 2.69 bits per heavy atom. The largest absolute Gasteiger partial charge is 0.329 e. The summed E-state index contributed by atoms with van der Waals surface area (Å²) in [6, 6.07) is 3.95. The summed E-state index contributed by atoms with van der Waals surface area (Å²) in [4.78, 5) is 9.62. The zero-order chi connectivity index (χ0) is 11.5. The molecule has 0 unspecified atom stereocenters. The van der Waals surface area contributed by atoms with Crippen molar-refractivity contribution < 1.29 is 0 Å². The van der Waals surface area contributed by atoms with E-state index in [-0.39, 0.29) is 6.04 Å². The summed E-state index contributed by atoms with van der Waals surface area (Å²) in [6.07, 6.45) is 5.54. The van der Waals surface area contributed by atoms with Crippen LogP contribution in [0.4, 0.5) is 0 Å². The van der Waals surface area contributed by atoms with E-state index in [2.05, 4.69) is 9.97 Å². The third-order valence-corrected chi connectivity index (χ3v) is 3.27. The summed E-state index contributed by atoms with van der Waals surface area (Å²) < 4.78 is 1.98. The molecule has 0 bridgehead atoms. The smallest absolute Gasteiger partial charge is 0.172 e. The SMILES string of the molecule is C[C@H](N)c1ccc(Sc2nccn2C)cn1. The van der Waals surface area contributed by atoms with Crippen molar-refractivity contribution in [2.24, 2.45) is 12.8 Å². The number of pyridine rings is 1. The fourth-order valence-electron chi connectivity index (χ4n) is 1.28. The van der Waals surface area contributed by atoms with Crippen molar-refractivity contribution in [1.82, 2.24) is 14.5 Å². The van der Waals surface area contributed by atoms with Gasteiger partial charge in [-0.25, -0.2) is 4.98 Å². The van der Waals surface area contributed by atoms with Gasteiger partial charge in [0, 0.05) is 36.6 Å². The van der Waals surface area contributed by atoms with Crippen LogP contribution in [0.1, 0.15) is 18.7 Å². The van der Waals surface area contributed by atoms with Crippen LogP contribution in [0.3, 0.4) is 0 Å². The third-order valence-electron chi connectivity index (χ3n) is 2.21. The summed E-state index contributed by atoms with van der Waals surface area (Å²) >= 11 is 1.59. The Hall–Kier alpha value is -1.33. The minimum atomic E-state index is -0.0211. The predicted molar refractivity (Wildman–Crippen MR) is 64.2 cm³/mol. The molecule has 0 aromatic carbocycles. The van der Waals surface area contributed by atoms with Gasteiger partial charge in [-0.1, -0.05) is 11.8 Å². The van der Waals surface area contributed by atoms with Crippen LogP contribution < -0.4 is 5.73 Å². The second-order valence-electron chi connectivity index (χ2n) is 3.63. The predicted octanol–water partition coefficient (Wildman–Crippen LogP) is 1.99. The van der Waals surface area contributed by atoms with Crippen molar-refractivity contribution in [2.75, 3.05) is 0 Å². The average molecular weight is 234 g/mol. The number of rotatable bonds is 3. The first kappa shape index (κ1) is 11.2. The lowest BCUT2D eigenvalue weighted by Gasteiger charge is -2.05. The first-order valence-corrected chi connectivity index (χ1v) is 5.85. The summed E-state index contributed by atoms with van der Waals surface area (Å²) in [5.74, 6) is 0. The molecule has 1 atom stereocenters. The van der Waals surface area contributed by atoms with Crippen molar-refractivity contribution in [3.8, 4) is 0 Å². The molecule has 84 valence electrons. The van der Waals surface area contributed by atoms with Gasteiger partial charge >= 0.3 is 0 Å². The molecule has 0 saturated carbocycles. The normalized spacial score (nSPS) is 12.7. The Bertz CT molecular complexity index is 461. The number of nitrogens with zero attached hydrogens (tertiary/aromatic N) is 3. The Kier molecular flexibility index (Phi) is 3.26. The summed E-state index contributed by atoms with van der Waals surface area (Å²) in [5, 5.41) is 0.954. The lowest BCUT2D eigenvalue weighted by Crippen LogP contribution is -2.06. The highest BCUT2D eigenvalue weighted by Crippen LogP contribution is 2.25. The highest BCUT2D eigenvalue weighted by Gasteiger charge is 2.04. The van der Waals surface area contributed by atoms with Gasteiger partial charge in [0.05, 0.1) is 5.69 Å². The molecule has 0 amide bonds. The van der Waals surface area contributed by atoms with E-state index in [0.717, 1.165) is 15.7 Å². The van der Waals surface area contributed by atoms with Crippen LogP contribution in [0.5, 0.6) is 0 Å². The van der Waals surface area contributed by atoms with Crippen LogP contribution in [0.15, 0.2) is 40.8 Å². The molecule has 4 nitrogen and oxygen atoms in total. The van der Waals surface area contributed by atoms with E-state index in [1.54, 1.807) is 18.0 Å². The molecule has 2 rings (SSSR count). The fraction of sp³-hybridized carbons (Fsp3) is 0.273. The van der Waals surface area contributed by atoms with E-state index in [0.29, 0.717) is 0 Å². The standard InChI is InChI=1S/C11H14N4S/c1-8(12)10-4-3-9(7-14-10)16-11-13-5-6-15(11)2/h3-8H,12H2,1-2H3/t8-/m0/s1. The molecule has 2 N–H and O–H groups in total. The Morgan fingerprint density at radius 2 is 2.19 bits per heavy atom.